The Bertz CT molecular complexity index is 576. The zero-order chi connectivity index (χ0) is 13.9. The van der Waals surface area contributed by atoms with E-state index in [-0.39, 0.29) is 11.0 Å². The SMILES string of the molecule is CON1C[C@H]2NC[C@@]13Oc1cc(O)c(Cl)cc1[C@@H]3SS2. The second-order valence-corrected chi connectivity index (χ2v) is 7.96. The zero-order valence-electron chi connectivity index (χ0n) is 10.6. The van der Waals surface area contributed by atoms with Crippen molar-refractivity contribution in [2.24, 2.45) is 0 Å². The lowest BCUT2D eigenvalue weighted by Crippen LogP contribution is -2.65. The third-order valence-electron chi connectivity index (χ3n) is 3.88. The predicted molar refractivity (Wildman–Crippen MR) is 79.9 cm³/mol. The maximum absolute atomic E-state index is 9.78. The van der Waals surface area contributed by atoms with Gasteiger partial charge < -0.3 is 9.84 Å². The highest BCUT2D eigenvalue weighted by Gasteiger charge is 2.59. The van der Waals surface area contributed by atoms with E-state index in [1.807, 2.05) is 5.06 Å². The molecule has 4 aliphatic heterocycles. The van der Waals surface area contributed by atoms with Crippen LogP contribution >= 0.6 is 33.2 Å². The van der Waals surface area contributed by atoms with E-state index in [0.717, 1.165) is 12.1 Å². The number of nitrogens with zero attached hydrogens (tertiary/aromatic N) is 1. The van der Waals surface area contributed by atoms with Crippen LogP contribution in [0.25, 0.3) is 0 Å². The van der Waals surface area contributed by atoms with Gasteiger partial charge in [0.2, 0.25) is 5.72 Å². The fourth-order valence-corrected chi connectivity index (χ4v) is 6.25. The Hall–Kier alpha value is -0.310. The molecule has 0 aliphatic carbocycles. The van der Waals surface area contributed by atoms with Gasteiger partial charge in [-0.2, -0.15) is 0 Å². The number of hydroxylamine groups is 2. The number of hydrogen-bond donors (Lipinski definition) is 2. The van der Waals surface area contributed by atoms with Crippen molar-refractivity contribution in [1.29, 1.82) is 0 Å². The van der Waals surface area contributed by atoms with Crippen molar-refractivity contribution >= 4 is 33.2 Å². The summed E-state index contributed by atoms with van der Waals surface area (Å²) in [7, 11) is 5.22. The minimum absolute atomic E-state index is 0.0431. The Kier molecular flexibility index (Phi) is 3.07. The summed E-state index contributed by atoms with van der Waals surface area (Å²) in [5.74, 6) is 0.718. The van der Waals surface area contributed by atoms with E-state index in [4.69, 9.17) is 21.2 Å². The Labute approximate surface area is 129 Å². The van der Waals surface area contributed by atoms with Gasteiger partial charge in [0.1, 0.15) is 16.7 Å². The summed E-state index contributed by atoms with van der Waals surface area (Å²) >= 11 is 6.05. The van der Waals surface area contributed by atoms with E-state index in [9.17, 15) is 5.11 Å². The van der Waals surface area contributed by atoms with Crippen LogP contribution < -0.4 is 10.1 Å². The van der Waals surface area contributed by atoms with Crippen molar-refractivity contribution < 1.29 is 14.7 Å². The molecule has 0 saturated carbocycles. The molecular weight excluding hydrogens is 320 g/mol. The van der Waals surface area contributed by atoms with Gasteiger partial charge in [0.15, 0.2) is 0 Å². The summed E-state index contributed by atoms with van der Waals surface area (Å²) in [6, 6.07) is 3.39. The number of rotatable bonds is 1. The number of fused-ring (bicyclic) bond motifs is 4. The van der Waals surface area contributed by atoms with Crippen LogP contribution in [-0.4, -0.2) is 41.5 Å². The standard InChI is InChI=1S/C12H13ClN2O3S2/c1-17-15-4-10-14-5-12(15)11(20-19-10)6-2-7(13)8(16)3-9(6)18-12/h2-3,10-11,14,16H,4-5H2,1H3/t10-,11-,12-/m0/s1. The molecule has 4 aliphatic rings. The third kappa shape index (κ3) is 1.71. The van der Waals surface area contributed by atoms with Crippen molar-refractivity contribution in [2.45, 2.75) is 16.3 Å². The number of ether oxygens (including phenoxy) is 1. The van der Waals surface area contributed by atoms with Crippen molar-refractivity contribution in [3.63, 3.8) is 0 Å². The van der Waals surface area contributed by atoms with Crippen molar-refractivity contribution in [3.8, 4) is 11.5 Å². The number of halogens is 1. The number of aromatic hydroxyl groups is 1. The minimum atomic E-state index is -0.584. The van der Waals surface area contributed by atoms with Crippen LogP contribution in [0, 0.1) is 0 Å². The average Bonchev–Trinajstić information content (AvgIpc) is 2.58. The molecule has 5 nitrogen and oxygen atoms in total. The topological polar surface area (TPSA) is 54.0 Å². The largest absolute Gasteiger partial charge is 0.506 e. The highest BCUT2D eigenvalue weighted by molar-refractivity contribution is 8.77. The van der Waals surface area contributed by atoms with E-state index in [2.05, 4.69) is 5.32 Å². The van der Waals surface area contributed by atoms with E-state index in [1.54, 1.807) is 40.8 Å². The maximum atomic E-state index is 9.78. The first-order valence-corrected chi connectivity index (χ1v) is 8.88. The molecule has 2 N–H and O–H groups in total. The van der Waals surface area contributed by atoms with E-state index >= 15 is 0 Å². The number of benzene rings is 1. The van der Waals surface area contributed by atoms with Crippen LogP contribution in [0.5, 0.6) is 11.5 Å². The molecule has 4 heterocycles. The molecule has 1 aromatic carbocycles. The zero-order valence-corrected chi connectivity index (χ0v) is 13.0. The van der Waals surface area contributed by atoms with Gasteiger partial charge in [-0.3, -0.25) is 10.2 Å². The van der Waals surface area contributed by atoms with E-state index in [0.29, 0.717) is 22.7 Å². The van der Waals surface area contributed by atoms with Crippen molar-refractivity contribution in [2.75, 3.05) is 20.2 Å². The van der Waals surface area contributed by atoms with Crippen LogP contribution in [0.2, 0.25) is 5.02 Å². The first-order chi connectivity index (χ1) is 9.64. The van der Waals surface area contributed by atoms with E-state index in [1.165, 1.54) is 0 Å². The molecule has 5 rings (SSSR count). The van der Waals surface area contributed by atoms with Crippen molar-refractivity contribution in [3.05, 3.63) is 22.7 Å². The Balaban J connectivity index is 1.85. The van der Waals surface area contributed by atoms with Gasteiger partial charge in [-0.1, -0.05) is 33.2 Å². The number of piperazine rings is 1. The van der Waals surface area contributed by atoms with Gasteiger partial charge in [0, 0.05) is 11.6 Å². The summed E-state index contributed by atoms with van der Waals surface area (Å²) in [6.45, 7) is 1.42. The van der Waals surface area contributed by atoms with Crippen LogP contribution in [0.15, 0.2) is 12.1 Å². The normalized spacial score (nSPS) is 35.3. The quantitative estimate of drug-likeness (QED) is 0.766. The minimum Gasteiger partial charge on any atom is -0.506 e. The number of hydrogen-bond acceptors (Lipinski definition) is 7. The third-order valence-corrected chi connectivity index (χ3v) is 7.27. The summed E-state index contributed by atoms with van der Waals surface area (Å²) in [5.41, 5.74) is 0.426. The first-order valence-electron chi connectivity index (χ1n) is 6.23. The second-order valence-electron chi connectivity index (χ2n) is 4.97. The first kappa shape index (κ1) is 13.4. The lowest BCUT2D eigenvalue weighted by atomic mass is 10.0. The van der Waals surface area contributed by atoms with Crippen LogP contribution in [-0.2, 0) is 4.84 Å². The lowest BCUT2D eigenvalue weighted by molar-refractivity contribution is -0.270. The Morgan fingerprint density at radius 2 is 2.40 bits per heavy atom. The summed E-state index contributed by atoms with van der Waals surface area (Å²) in [5, 5.41) is 15.9. The molecule has 8 heteroatoms. The molecule has 0 radical (unpaired) electrons. The molecule has 3 atom stereocenters. The molecular formula is C12H13ClN2O3S2. The van der Waals surface area contributed by atoms with Crippen LogP contribution in [0.4, 0.5) is 0 Å². The van der Waals surface area contributed by atoms with Gasteiger partial charge >= 0.3 is 0 Å². The fourth-order valence-electron chi connectivity index (χ4n) is 2.91. The number of phenolic OH excluding ortho intramolecular Hbond substituents is 1. The molecule has 2 bridgehead atoms. The molecule has 20 heavy (non-hydrogen) atoms. The van der Waals surface area contributed by atoms with Gasteiger partial charge in [-0.15, -0.1) is 5.06 Å². The Morgan fingerprint density at radius 1 is 1.55 bits per heavy atom. The molecule has 0 amide bonds. The van der Waals surface area contributed by atoms with Crippen LogP contribution in [0.3, 0.4) is 0 Å². The monoisotopic (exact) mass is 332 g/mol. The van der Waals surface area contributed by atoms with Gasteiger partial charge in [-0.25, -0.2) is 0 Å². The van der Waals surface area contributed by atoms with Gasteiger partial charge in [0.05, 0.1) is 30.6 Å². The highest BCUT2D eigenvalue weighted by atomic mass is 35.5. The predicted octanol–water partition coefficient (Wildman–Crippen LogP) is 2.36. The number of nitrogens with one attached hydrogen (secondary N) is 1. The second kappa shape index (κ2) is 4.59. The highest BCUT2D eigenvalue weighted by Crippen LogP contribution is 2.60. The van der Waals surface area contributed by atoms with Crippen LogP contribution in [0.1, 0.15) is 10.8 Å². The molecule has 1 spiro atoms. The van der Waals surface area contributed by atoms with E-state index < -0.39 is 5.72 Å². The molecule has 3 fully saturated rings. The molecule has 1 aromatic rings. The lowest BCUT2D eigenvalue weighted by Gasteiger charge is -2.43. The molecule has 108 valence electrons. The molecule has 3 saturated heterocycles. The van der Waals surface area contributed by atoms with Gasteiger partial charge in [0.25, 0.3) is 0 Å². The van der Waals surface area contributed by atoms with Crippen molar-refractivity contribution in [1.82, 2.24) is 10.4 Å². The summed E-state index contributed by atoms with van der Waals surface area (Å²) in [4.78, 5) is 5.55. The Morgan fingerprint density at radius 3 is 3.20 bits per heavy atom. The summed E-state index contributed by atoms with van der Waals surface area (Å²) in [6.07, 6.45) is 0. The maximum Gasteiger partial charge on any atom is 0.214 e. The molecule has 0 aromatic heterocycles. The summed E-state index contributed by atoms with van der Waals surface area (Å²) < 4.78 is 6.19. The molecule has 0 unspecified atom stereocenters. The fraction of sp³-hybridized carbons (Fsp3) is 0.500. The smallest absolute Gasteiger partial charge is 0.214 e. The van der Waals surface area contributed by atoms with Gasteiger partial charge in [-0.05, 0) is 6.07 Å². The average molecular weight is 333 g/mol. The number of phenols is 1.